The summed E-state index contributed by atoms with van der Waals surface area (Å²) in [5.41, 5.74) is -0.505. The van der Waals surface area contributed by atoms with Crippen molar-refractivity contribution in [2.24, 2.45) is 23.7 Å². The minimum Gasteiger partial charge on any atom is -0.362 e. The molecule has 4 aliphatic heterocycles. The molecule has 6 aliphatic rings. The van der Waals surface area contributed by atoms with Crippen molar-refractivity contribution in [1.29, 1.82) is 0 Å². The van der Waals surface area contributed by atoms with Gasteiger partial charge in [-0.15, -0.1) is 0 Å². The molecule has 0 aromatic heterocycles. The van der Waals surface area contributed by atoms with Gasteiger partial charge in [0.1, 0.15) is 11.2 Å². The average Bonchev–Trinajstić information content (AvgIpc) is 2.97. The zero-order valence-electron chi connectivity index (χ0n) is 18.5. The Balaban J connectivity index is 1.27. The Kier molecular flexibility index (Phi) is 5.13. The maximum atomic E-state index is 6.68. The van der Waals surface area contributed by atoms with Crippen molar-refractivity contribution in [2.45, 2.75) is 82.9 Å². The monoisotopic (exact) mass is 406 g/mol. The number of rotatable bonds is 5. The molecule has 2 bridgehead atoms. The van der Waals surface area contributed by atoms with E-state index in [4.69, 9.17) is 19.2 Å². The van der Waals surface area contributed by atoms with Gasteiger partial charge in [-0.1, -0.05) is 13.8 Å². The normalized spacial score (nSPS) is 48.7. The van der Waals surface area contributed by atoms with Crippen LogP contribution in [0.25, 0.3) is 0 Å². The van der Waals surface area contributed by atoms with Crippen molar-refractivity contribution in [3.05, 3.63) is 12.4 Å². The topological polar surface area (TPSA) is 43.4 Å². The van der Waals surface area contributed by atoms with E-state index in [-0.39, 0.29) is 23.6 Å². The van der Waals surface area contributed by atoms with E-state index in [9.17, 15) is 0 Å². The molecule has 1 unspecified atom stereocenters. The third-order valence-corrected chi connectivity index (χ3v) is 8.44. The van der Waals surface area contributed by atoms with Crippen LogP contribution >= 0.6 is 0 Å². The van der Waals surface area contributed by atoms with E-state index in [0.29, 0.717) is 23.7 Å². The van der Waals surface area contributed by atoms with Crippen LogP contribution in [0.5, 0.6) is 0 Å². The average molecular weight is 407 g/mol. The van der Waals surface area contributed by atoms with Gasteiger partial charge in [0.05, 0.1) is 19.4 Å². The molecule has 164 valence electrons. The van der Waals surface area contributed by atoms with Gasteiger partial charge in [-0.25, -0.2) is 9.78 Å². The second-order valence-corrected chi connectivity index (χ2v) is 10.6. The molecule has 4 heterocycles. The van der Waals surface area contributed by atoms with Crippen LogP contribution in [0.4, 0.5) is 0 Å². The molecule has 3 saturated heterocycles. The highest BCUT2D eigenvalue weighted by Gasteiger charge is 2.68. The quantitative estimate of drug-likeness (QED) is 0.512. The van der Waals surface area contributed by atoms with E-state index in [1.54, 1.807) is 0 Å². The summed E-state index contributed by atoms with van der Waals surface area (Å²) >= 11 is 0. The molecule has 5 fully saturated rings. The van der Waals surface area contributed by atoms with Gasteiger partial charge in [0.2, 0.25) is 0 Å². The molecular weight excluding hydrogens is 368 g/mol. The predicted octanol–water partition coefficient (Wildman–Crippen LogP) is 3.74. The lowest BCUT2D eigenvalue weighted by molar-refractivity contribution is -0.495. The number of ether oxygens (including phenoxy) is 2. The molecule has 2 aliphatic carbocycles. The number of hydrogen-bond donors (Lipinski definition) is 0. The number of hydrogen-bond acceptors (Lipinski definition) is 6. The molecule has 0 N–H and O–H groups in total. The summed E-state index contributed by atoms with van der Waals surface area (Å²) in [5.74, 6) is 1.96. The van der Waals surface area contributed by atoms with Crippen LogP contribution in [-0.4, -0.2) is 60.3 Å². The second-order valence-electron chi connectivity index (χ2n) is 10.6. The summed E-state index contributed by atoms with van der Waals surface area (Å²) in [6, 6.07) is 0. The maximum absolute atomic E-state index is 6.68. The Labute approximate surface area is 175 Å². The Morgan fingerprint density at radius 3 is 2.76 bits per heavy atom. The molecule has 0 aromatic carbocycles. The largest absolute Gasteiger partial charge is 0.362 e. The predicted molar refractivity (Wildman–Crippen MR) is 109 cm³/mol. The van der Waals surface area contributed by atoms with Crippen LogP contribution in [-0.2, 0) is 19.2 Å². The molecule has 29 heavy (non-hydrogen) atoms. The Hall–Kier alpha value is -0.820. The summed E-state index contributed by atoms with van der Waals surface area (Å²) in [4.78, 5) is 16.9. The van der Waals surface area contributed by atoms with Crippen molar-refractivity contribution in [3.8, 4) is 0 Å². The minimum absolute atomic E-state index is 0.0814. The third kappa shape index (κ3) is 3.31. The molecular formula is C23H38N2O4. The zero-order chi connectivity index (χ0) is 20.2. The Morgan fingerprint density at radius 1 is 1.10 bits per heavy atom. The molecule has 6 heteroatoms. The van der Waals surface area contributed by atoms with Gasteiger partial charge < -0.3 is 19.3 Å². The van der Waals surface area contributed by atoms with E-state index in [0.717, 1.165) is 39.1 Å². The summed E-state index contributed by atoms with van der Waals surface area (Å²) < 4.78 is 13.0. The molecule has 0 radical (unpaired) electrons. The third-order valence-electron chi connectivity index (χ3n) is 8.44. The molecule has 6 rings (SSSR count). The fourth-order valence-electron chi connectivity index (χ4n) is 6.81. The van der Waals surface area contributed by atoms with Gasteiger partial charge in [-0.3, -0.25) is 0 Å². The first-order chi connectivity index (χ1) is 13.9. The van der Waals surface area contributed by atoms with Crippen LogP contribution < -0.4 is 0 Å². The molecule has 1 spiro atoms. The zero-order valence-corrected chi connectivity index (χ0v) is 18.5. The van der Waals surface area contributed by atoms with Crippen LogP contribution in [0.15, 0.2) is 12.4 Å². The highest BCUT2D eigenvalue weighted by molar-refractivity contribution is 5.13. The van der Waals surface area contributed by atoms with Crippen LogP contribution in [0.1, 0.15) is 59.3 Å². The van der Waals surface area contributed by atoms with Gasteiger partial charge in [0.25, 0.3) is 0 Å². The van der Waals surface area contributed by atoms with E-state index >= 15 is 0 Å². The lowest BCUT2D eigenvalue weighted by Gasteiger charge is -2.61. The molecule has 6 nitrogen and oxygen atoms in total. The molecule has 8 atom stereocenters. The van der Waals surface area contributed by atoms with Crippen molar-refractivity contribution >= 4 is 0 Å². The molecule has 2 saturated carbocycles. The summed E-state index contributed by atoms with van der Waals surface area (Å²) in [6.45, 7) is 9.62. The first-order valence-corrected chi connectivity index (χ1v) is 11.7. The van der Waals surface area contributed by atoms with Gasteiger partial charge >= 0.3 is 0 Å². The second kappa shape index (κ2) is 7.40. The highest BCUT2D eigenvalue weighted by atomic mass is 17.2. The Morgan fingerprint density at radius 2 is 1.97 bits per heavy atom. The van der Waals surface area contributed by atoms with Crippen LogP contribution in [0.2, 0.25) is 0 Å². The Bertz CT molecular complexity index is 644. The first-order valence-electron chi connectivity index (χ1n) is 11.7. The fourth-order valence-corrected chi connectivity index (χ4v) is 6.81. The van der Waals surface area contributed by atoms with Crippen molar-refractivity contribution in [2.75, 3.05) is 26.9 Å². The fraction of sp³-hybridized carbons (Fsp3) is 0.913. The van der Waals surface area contributed by atoms with Crippen LogP contribution in [0.3, 0.4) is 0 Å². The van der Waals surface area contributed by atoms with Crippen molar-refractivity contribution in [1.82, 2.24) is 9.80 Å². The smallest absolute Gasteiger partial charge is 0.160 e. The van der Waals surface area contributed by atoms with Crippen molar-refractivity contribution < 1.29 is 19.2 Å². The summed E-state index contributed by atoms with van der Waals surface area (Å²) in [6.07, 6.45) is 10.9. The van der Waals surface area contributed by atoms with Gasteiger partial charge in [-0.05, 0) is 50.9 Å². The lowest BCUT2D eigenvalue weighted by atomic mass is 9.56. The minimum atomic E-state index is -0.280. The lowest BCUT2D eigenvalue weighted by Crippen LogP contribution is -2.69. The van der Waals surface area contributed by atoms with Crippen LogP contribution in [0, 0.1) is 23.7 Å². The number of nitrogens with zero attached hydrogens (tertiary/aromatic N) is 2. The van der Waals surface area contributed by atoms with Gasteiger partial charge in [-0.2, -0.15) is 0 Å². The summed E-state index contributed by atoms with van der Waals surface area (Å²) in [7, 11) is 2.10. The van der Waals surface area contributed by atoms with Gasteiger partial charge in [0, 0.05) is 44.2 Å². The number of fused-ring (bicyclic) bond motifs is 2. The maximum Gasteiger partial charge on any atom is 0.160 e. The standard InChI is InChI=1S/C23H38N2O4/c1-16-6-7-19-17(2)21(26-13-5-10-25-12-11-24(4)15-25)27-20-14-22(3)9-8-18(16)23(19,20)29-28-22/h11-12,16-21H,5-10,13-15H2,1-4H3/t16-,17-,18+,19+,20-,21+,22?,23-/m1/s1. The van der Waals surface area contributed by atoms with E-state index in [1.165, 1.54) is 19.3 Å². The first kappa shape index (κ1) is 20.1. The van der Waals surface area contributed by atoms with Crippen molar-refractivity contribution in [3.63, 3.8) is 0 Å². The van der Waals surface area contributed by atoms with E-state index in [1.807, 2.05) is 0 Å². The highest BCUT2D eigenvalue weighted by Crippen LogP contribution is 2.61. The summed E-state index contributed by atoms with van der Waals surface area (Å²) in [5, 5.41) is 0. The SMILES string of the molecule is C[C@H]1[C@@H](OCCCN2C=CN(C)C2)O[C@@H]2CC3(C)CC[C@H]4[C@H](C)CC[C@@H]1[C@@]24OO3. The molecule has 0 aromatic rings. The van der Waals surface area contributed by atoms with E-state index < -0.39 is 0 Å². The van der Waals surface area contributed by atoms with E-state index in [2.05, 4.69) is 50.0 Å². The van der Waals surface area contributed by atoms with Gasteiger partial charge in [0.15, 0.2) is 6.29 Å². The molecule has 0 amide bonds.